The minimum atomic E-state index is 0.100. The summed E-state index contributed by atoms with van der Waals surface area (Å²) < 4.78 is 0. The Morgan fingerprint density at radius 3 is 2.07 bits per heavy atom. The monoisotopic (exact) mass is 400 g/mol. The number of aryl methyl sites for hydroxylation is 1. The molecular weight excluding hydrogens is 372 g/mol. The second-order valence-electron chi connectivity index (χ2n) is 8.04. The highest BCUT2D eigenvalue weighted by molar-refractivity contribution is 5.94. The molecule has 2 aromatic carbocycles. The van der Waals surface area contributed by atoms with Crippen LogP contribution in [0.1, 0.15) is 41.4 Å². The van der Waals surface area contributed by atoms with Gasteiger partial charge in [-0.2, -0.15) is 0 Å². The lowest BCUT2D eigenvalue weighted by atomic mass is 10.0. The molecule has 30 heavy (non-hydrogen) atoms. The van der Waals surface area contributed by atoms with Crippen LogP contribution in [0.15, 0.2) is 60.7 Å². The molecule has 1 amide bonds. The molecule has 0 spiro atoms. The molecule has 0 saturated carbocycles. The van der Waals surface area contributed by atoms with E-state index in [0.29, 0.717) is 19.0 Å². The number of hydrogen-bond donors (Lipinski definition) is 0. The molecule has 0 N–H and O–H groups in total. The number of hydrogen-bond acceptors (Lipinski definition) is 4. The normalized spacial score (nSPS) is 14.3. The molecule has 0 bridgehead atoms. The van der Waals surface area contributed by atoms with Gasteiger partial charge in [-0.25, -0.2) is 9.97 Å². The molecule has 3 aromatic rings. The zero-order chi connectivity index (χ0) is 21.1. The average molecular weight is 401 g/mol. The minimum Gasteiger partial charge on any atom is -0.353 e. The fourth-order valence-corrected chi connectivity index (χ4v) is 4.08. The lowest BCUT2D eigenvalue weighted by Gasteiger charge is -2.37. The van der Waals surface area contributed by atoms with E-state index in [1.165, 1.54) is 5.56 Å². The SMILES string of the molecule is Cc1nc(-c2ccccc2)nc(N2CCN(C(=O)c3ccccc3)CC2)c1C(C)C. The van der Waals surface area contributed by atoms with Crippen LogP contribution < -0.4 is 4.90 Å². The van der Waals surface area contributed by atoms with E-state index in [0.717, 1.165) is 41.6 Å². The maximum absolute atomic E-state index is 12.8. The molecule has 1 aliphatic heterocycles. The Labute approximate surface area is 178 Å². The smallest absolute Gasteiger partial charge is 0.253 e. The van der Waals surface area contributed by atoms with Crippen LogP contribution in [-0.2, 0) is 0 Å². The van der Waals surface area contributed by atoms with Crippen LogP contribution >= 0.6 is 0 Å². The summed E-state index contributed by atoms with van der Waals surface area (Å²) in [5, 5.41) is 0. The topological polar surface area (TPSA) is 49.3 Å². The first-order chi connectivity index (χ1) is 14.5. The quantitative estimate of drug-likeness (QED) is 0.645. The van der Waals surface area contributed by atoms with E-state index in [1.807, 2.05) is 65.6 Å². The third-order valence-electron chi connectivity index (χ3n) is 5.61. The number of carbonyl (C=O) groups is 1. The van der Waals surface area contributed by atoms with Crippen molar-refractivity contribution in [3.05, 3.63) is 77.5 Å². The highest BCUT2D eigenvalue weighted by atomic mass is 16.2. The van der Waals surface area contributed by atoms with Gasteiger partial charge in [-0.1, -0.05) is 62.4 Å². The van der Waals surface area contributed by atoms with Crippen LogP contribution in [0, 0.1) is 6.92 Å². The first-order valence-corrected chi connectivity index (χ1v) is 10.6. The second-order valence-corrected chi connectivity index (χ2v) is 8.04. The molecule has 1 aromatic heterocycles. The second kappa shape index (κ2) is 8.66. The van der Waals surface area contributed by atoms with Crippen molar-refractivity contribution in [2.24, 2.45) is 0 Å². The Balaban J connectivity index is 1.59. The number of benzene rings is 2. The summed E-state index contributed by atoms with van der Waals surface area (Å²) in [6.07, 6.45) is 0. The Kier molecular flexibility index (Phi) is 5.79. The molecule has 0 atom stereocenters. The van der Waals surface area contributed by atoms with Crippen molar-refractivity contribution in [2.75, 3.05) is 31.1 Å². The van der Waals surface area contributed by atoms with Crippen molar-refractivity contribution in [1.29, 1.82) is 0 Å². The Morgan fingerprint density at radius 2 is 1.47 bits per heavy atom. The standard InChI is InChI=1S/C25H28N4O/c1-18(2)22-19(3)26-23(20-10-6-4-7-11-20)27-24(22)28-14-16-29(17-15-28)25(30)21-12-8-5-9-13-21/h4-13,18H,14-17H2,1-3H3. The number of aromatic nitrogens is 2. The van der Waals surface area contributed by atoms with Crippen molar-refractivity contribution < 1.29 is 4.79 Å². The average Bonchev–Trinajstić information content (AvgIpc) is 2.79. The van der Waals surface area contributed by atoms with Crippen LogP contribution in [0.4, 0.5) is 5.82 Å². The zero-order valence-electron chi connectivity index (χ0n) is 17.9. The number of piperazine rings is 1. The molecule has 5 heteroatoms. The summed E-state index contributed by atoms with van der Waals surface area (Å²) in [6, 6.07) is 19.6. The van der Waals surface area contributed by atoms with Gasteiger partial charge in [-0.3, -0.25) is 4.79 Å². The first-order valence-electron chi connectivity index (χ1n) is 10.6. The van der Waals surface area contributed by atoms with Gasteiger partial charge >= 0.3 is 0 Å². The van der Waals surface area contributed by atoms with Crippen LogP contribution in [0.2, 0.25) is 0 Å². The minimum absolute atomic E-state index is 0.100. The van der Waals surface area contributed by atoms with Crippen LogP contribution in [0.5, 0.6) is 0 Å². The number of anilines is 1. The van der Waals surface area contributed by atoms with Gasteiger partial charge in [0, 0.05) is 48.6 Å². The molecule has 5 nitrogen and oxygen atoms in total. The van der Waals surface area contributed by atoms with Gasteiger partial charge in [-0.15, -0.1) is 0 Å². The molecule has 2 heterocycles. The number of nitrogens with zero attached hydrogens (tertiary/aromatic N) is 4. The fraction of sp³-hybridized carbons (Fsp3) is 0.320. The molecule has 154 valence electrons. The number of amides is 1. The van der Waals surface area contributed by atoms with Gasteiger partial charge in [0.2, 0.25) is 0 Å². The molecule has 1 fully saturated rings. The maximum atomic E-state index is 12.8. The zero-order valence-corrected chi connectivity index (χ0v) is 17.9. The third kappa shape index (κ3) is 4.06. The summed E-state index contributed by atoms with van der Waals surface area (Å²) in [5.41, 5.74) is 3.99. The van der Waals surface area contributed by atoms with E-state index in [2.05, 4.69) is 25.7 Å². The van der Waals surface area contributed by atoms with Crippen LogP contribution in [0.3, 0.4) is 0 Å². The van der Waals surface area contributed by atoms with E-state index in [1.54, 1.807) is 0 Å². The largest absolute Gasteiger partial charge is 0.353 e. The molecular formula is C25H28N4O. The first kappa shape index (κ1) is 20.1. The van der Waals surface area contributed by atoms with Gasteiger partial charge in [-0.05, 0) is 25.0 Å². The molecule has 4 rings (SSSR count). The van der Waals surface area contributed by atoms with Crippen molar-refractivity contribution in [1.82, 2.24) is 14.9 Å². The lowest BCUT2D eigenvalue weighted by Crippen LogP contribution is -2.49. The summed E-state index contributed by atoms with van der Waals surface area (Å²) in [5.74, 6) is 2.19. The molecule has 0 aliphatic carbocycles. The van der Waals surface area contributed by atoms with E-state index in [-0.39, 0.29) is 5.91 Å². The van der Waals surface area contributed by atoms with E-state index >= 15 is 0 Å². The number of rotatable bonds is 4. The fourth-order valence-electron chi connectivity index (χ4n) is 4.08. The van der Waals surface area contributed by atoms with Crippen LogP contribution in [-0.4, -0.2) is 47.0 Å². The molecule has 1 aliphatic rings. The van der Waals surface area contributed by atoms with Crippen molar-refractivity contribution in [2.45, 2.75) is 26.7 Å². The third-order valence-corrected chi connectivity index (χ3v) is 5.61. The number of carbonyl (C=O) groups excluding carboxylic acids is 1. The molecule has 0 radical (unpaired) electrons. The summed E-state index contributed by atoms with van der Waals surface area (Å²) in [7, 11) is 0. The van der Waals surface area contributed by atoms with Gasteiger partial charge in [0.1, 0.15) is 5.82 Å². The van der Waals surface area contributed by atoms with Crippen molar-refractivity contribution in [3.63, 3.8) is 0 Å². The maximum Gasteiger partial charge on any atom is 0.253 e. The lowest BCUT2D eigenvalue weighted by molar-refractivity contribution is 0.0746. The molecule has 0 unspecified atom stereocenters. The predicted molar refractivity (Wildman–Crippen MR) is 121 cm³/mol. The van der Waals surface area contributed by atoms with Gasteiger partial charge in [0.15, 0.2) is 5.82 Å². The van der Waals surface area contributed by atoms with Crippen molar-refractivity contribution in [3.8, 4) is 11.4 Å². The van der Waals surface area contributed by atoms with Crippen LogP contribution in [0.25, 0.3) is 11.4 Å². The van der Waals surface area contributed by atoms with Crippen molar-refractivity contribution >= 4 is 11.7 Å². The highest BCUT2D eigenvalue weighted by Crippen LogP contribution is 2.31. The highest BCUT2D eigenvalue weighted by Gasteiger charge is 2.26. The van der Waals surface area contributed by atoms with E-state index < -0.39 is 0 Å². The van der Waals surface area contributed by atoms with Gasteiger partial charge < -0.3 is 9.80 Å². The molecule has 1 saturated heterocycles. The summed E-state index contributed by atoms with van der Waals surface area (Å²) in [4.78, 5) is 26.8. The summed E-state index contributed by atoms with van der Waals surface area (Å²) >= 11 is 0. The Hall–Kier alpha value is -3.21. The predicted octanol–water partition coefficient (Wildman–Crippen LogP) is 4.54. The Bertz CT molecular complexity index is 1010. The van der Waals surface area contributed by atoms with Gasteiger partial charge in [0.05, 0.1) is 0 Å². The summed E-state index contributed by atoms with van der Waals surface area (Å²) in [6.45, 7) is 9.36. The van der Waals surface area contributed by atoms with E-state index in [4.69, 9.17) is 9.97 Å². The van der Waals surface area contributed by atoms with Gasteiger partial charge in [0.25, 0.3) is 5.91 Å². The Morgan fingerprint density at radius 1 is 0.867 bits per heavy atom. The van der Waals surface area contributed by atoms with E-state index in [9.17, 15) is 4.79 Å².